The van der Waals surface area contributed by atoms with Gasteiger partial charge in [0, 0.05) is 66.4 Å². The third-order valence-corrected chi connectivity index (χ3v) is 19.0. The number of ether oxygens (including phenoxy) is 1. The van der Waals surface area contributed by atoms with Crippen LogP contribution in [0.4, 0.5) is 22.7 Å². The second kappa shape index (κ2) is 41.9. The Bertz CT molecular complexity index is 3500. The van der Waals surface area contributed by atoms with Crippen LogP contribution in [0.3, 0.4) is 0 Å². The van der Waals surface area contributed by atoms with E-state index in [4.69, 9.17) is 4.74 Å². The molecule has 538 valence electrons. The van der Waals surface area contributed by atoms with Crippen LogP contribution in [-0.4, -0.2) is 182 Å². The van der Waals surface area contributed by atoms with E-state index < -0.39 is 46.3 Å². The van der Waals surface area contributed by atoms with Gasteiger partial charge in [-0.15, -0.1) is 20.4 Å². The maximum atomic E-state index is 14.4. The maximum absolute atomic E-state index is 14.4. The van der Waals surface area contributed by atoms with Gasteiger partial charge < -0.3 is 66.2 Å². The zero-order chi connectivity index (χ0) is 72.6. The van der Waals surface area contributed by atoms with E-state index >= 15 is 0 Å². The normalized spacial score (nSPS) is 11.2. The molecule has 8 rings (SSSR count). The van der Waals surface area contributed by atoms with E-state index in [-0.39, 0.29) is 116 Å². The number of aryl methyl sites for hydroxylation is 4. The van der Waals surface area contributed by atoms with Crippen molar-refractivity contribution in [2.24, 2.45) is 11.8 Å². The van der Waals surface area contributed by atoms with Gasteiger partial charge in [-0.25, -0.2) is 18.7 Å². The molecule has 12 N–H and O–H groups in total. The van der Waals surface area contributed by atoms with Gasteiger partial charge in [-0.3, -0.25) is 28.8 Å². The highest BCUT2D eigenvalue weighted by molar-refractivity contribution is 8.76. The lowest BCUT2D eigenvalue weighted by Crippen LogP contribution is -2.30. The van der Waals surface area contributed by atoms with Gasteiger partial charge in [0.2, 0.25) is 23.6 Å². The first-order valence-corrected chi connectivity index (χ1v) is 36.3. The van der Waals surface area contributed by atoms with Gasteiger partial charge in [-0.1, -0.05) is 91.0 Å². The summed E-state index contributed by atoms with van der Waals surface area (Å²) in [5, 5.41) is 122. The van der Waals surface area contributed by atoms with Crippen molar-refractivity contribution in [3.63, 3.8) is 0 Å². The lowest BCUT2D eigenvalue weighted by molar-refractivity contribution is -0.149. The Balaban J connectivity index is 0.833. The highest BCUT2D eigenvalue weighted by Gasteiger charge is 2.27. The average molecular weight is 1440 g/mol. The van der Waals surface area contributed by atoms with Crippen LogP contribution in [0, 0.1) is 11.8 Å². The highest BCUT2D eigenvalue weighted by atomic mass is 33.1. The van der Waals surface area contributed by atoms with Crippen molar-refractivity contribution >= 4 is 130 Å². The molecule has 0 saturated heterocycles. The zero-order valence-electron chi connectivity index (χ0n) is 56.3. The number of benzene rings is 4. The van der Waals surface area contributed by atoms with E-state index in [0.29, 0.717) is 118 Å². The van der Waals surface area contributed by atoms with Crippen molar-refractivity contribution in [1.82, 2.24) is 60.0 Å². The average Bonchev–Trinajstić information content (AvgIpc) is 1.96. The van der Waals surface area contributed by atoms with Gasteiger partial charge in [-0.2, -0.15) is 0 Å². The quantitative estimate of drug-likeness (QED) is 0.0109. The summed E-state index contributed by atoms with van der Waals surface area (Å²) in [5.41, 5.74) is 5.78. The van der Waals surface area contributed by atoms with Crippen LogP contribution in [0.25, 0.3) is 0 Å². The molecule has 0 radical (unpaired) electrons. The number of unbranched alkanes of at least 4 members (excludes halogenated alkanes) is 4. The molecule has 4 aromatic carbocycles. The van der Waals surface area contributed by atoms with Crippen LogP contribution >= 0.6 is 21.6 Å². The number of amides is 4. The van der Waals surface area contributed by atoms with Gasteiger partial charge in [0.05, 0.1) is 85.6 Å². The number of nitrogens with zero attached hydrogens (tertiary/aromatic N) is 12. The molecule has 4 amide bonds. The Hall–Kier alpha value is -8.90. The molecule has 0 atom stereocenters. The molecule has 0 aliphatic carbocycles. The molecular weight excluding hydrogens is 1350 g/mol. The Morgan fingerprint density at radius 1 is 0.382 bits per heavy atom. The standard InChI is InChI=1S/C65H84B4N16O15S2/c86-60(46(42-82-56(38-70-78-82)22-1-5-27-61(87)74-52-18-9-14-48(34-52)66(92)93)43-83-57(39-71-79-83)23-2-6-28-62(88)75-53-19-10-15-49(35-53)67(94)95)26-13-32-101-102-33-31-100-65(91)47(44-84-58(40-72-80-84)24-3-7-29-63(89)76-54-20-11-16-50(36-54)68(96)97)45-85-59(41-73-81-85)25-4-8-30-64(90)77-55-21-12-17-51(37-55)69(98)99/h9-12,14-21,34-41,46-47,92-99H,1-8,13,22-33,42-45H2,(H,74,87)(H,75,88)(H,76,89)(H,77,90). The molecule has 37 heteroatoms. The smallest absolute Gasteiger partial charge is 0.464 e. The Kier molecular flexibility index (Phi) is 32.4. The lowest BCUT2D eigenvalue weighted by atomic mass is 9.80. The number of hydrogen-bond acceptors (Lipinski definition) is 25. The van der Waals surface area contributed by atoms with Crippen LogP contribution in [-0.2, 0) is 85.4 Å². The summed E-state index contributed by atoms with van der Waals surface area (Å²) in [5.74, 6) is -1.87. The first-order valence-electron chi connectivity index (χ1n) is 33.8. The molecule has 0 fully saturated rings. The van der Waals surface area contributed by atoms with Crippen molar-refractivity contribution in [2.45, 2.75) is 142 Å². The van der Waals surface area contributed by atoms with Crippen molar-refractivity contribution in [3.8, 4) is 0 Å². The van der Waals surface area contributed by atoms with E-state index in [1.807, 2.05) is 0 Å². The molecule has 4 aromatic heterocycles. The molecule has 0 spiro atoms. The second-order valence-corrected chi connectivity index (χ2v) is 27.1. The Labute approximate surface area is 598 Å². The number of esters is 1. The molecule has 0 unspecified atom stereocenters. The third kappa shape index (κ3) is 26.8. The maximum Gasteiger partial charge on any atom is 0.488 e. The number of anilines is 4. The molecule has 0 aliphatic heterocycles. The fourth-order valence-electron chi connectivity index (χ4n) is 11.1. The van der Waals surface area contributed by atoms with Gasteiger partial charge >= 0.3 is 34.4 Å². The van der Waals surface area contributed by atoms with Gasteiger partial charge in [0.25, 0.3) is 0 Å². The minimum Gasteiger partial charge on any atom is -0.464 e. The summed E-state index contributed by atoms with van der Waals surface area (Å²) in [6, 6.07) is 25.2. The Morgan fingerprint density at radius 2 is 0.676 bits per heavy atom. The fraction of sp³-hybridized carbons (Fsp3) is 0.415. The van der Waals surface area contributed by atoms with E-state index in [0.717, 1.165) is 22.8 Å². The van der Waals surface area contributed by atoms with Crippen LogP contribution in [0.2, 0.25) is 0 Å². The van der Waals surface area contributed by atoms with Crippen molar-refractivity contribution in [1.29, 1.82) is 0 Å². The molecule has 4 heterocycles. The molecule has 0 aliphatic rings. The molecule has 8 aromatic rings. The minimum absolute atomic E-state index is 0.0291. The summed E-state index contributed by atoms with van der Waals surface area (Å²) in [6.07, 6.45) is 14.6. The first kappa shape index (κ1) is 78.8. The SMILES string of the molecule is O=C(CCCCc1cnnn1CC(Cn1nncc1CCCCC(=O)Nc1cccc(B(O)O)c1)C(=O)CCCSSCCOC(=O)C(Cn1nncc1CCCCC(=O)Nc1cccc(B(O)O)c1)Cn1nncc1CCCCC(=O)Nc1cccc(B(O)O)c1)Nc1cccc(B(O)O)c1. The van der Waals surface area contributed by atoms with E-state index in [1.165, 1.54) is 58.0 Å². The van der Waals surface area contributed by atoms with Crippen LogP contribution in [0.5, 0.6) is 0 Å². The number of carbonyl (C=O) groups excluding carboxylic acids is 6. The second-order valence-electron chi connectivity index (χ2n) is 24.4. The number of hydrogen-bond donors (Lipinski definition) is 12. The predicted molar refractivity (Wildman–Crippen MR) is 387 cm³/mol. The number of ketones is 1. The van der Waals surface area contributed by atoms with Crippen molar-refractivity contribution in [2.75, 3.05) is 39.4 Å². The van der Waals surface area contributed by atoms with E-state index in [9.17, 15) is 69.0 Å². The number of nitrogens with one attached hydrogen (secondary N) is 4. The summed E-state index contributed by atoms with van der Waals surface area (Å²) in [7, 11) is -3.66. The van der Waals surface area contributed by atoms with Crippen LogP contribution in [0.1, 0.15) is 113 Å². The molecule has 0 saturated carbocycles. The summed E-state index contributed by atoms with van der Waals surface area (Å²) in [6.45, 7) is 0.616. The van der Waals surface area contributed by atoms with Crippen molar-refractivity contribution in [3.05, 3.63) is 145 Å². The van der Waals surface area contributed by atoms with Gasteiger partial charge in [0.15, 0.2) is 0 Å². The predicted octanol–water partition coefficient (Wildman–Crippen LogP) is 0.785. The number of aromatic nitrogens is 12. The van der Waals surface area contributed by atoms with Gasteiger partial charge in [0.1, 0.15) is 12.4 Å². The van der Waals surface area contributed by atoms with Gasteiger partial charge in [-0.05, 0) is 154 Å². The first-order chi connectivity index (χ1) is 49.3. The van der Waals surface area contributed by atoms with Crippen molar-refractivity contribution < 1.29 is 73.7 Å². The summed E-state index contributed by atoms with van der Waals surface area (Å²) >= 11 is 0. The summed E-state index contributed by atoms with van der Waals surface area (Å²) in [4.78, 5) is 79.8. The molecular formula is C65H84B4N16O15S2. The number of Topliss-reactive ketones (excluding diaryl/α,β-unsaturated/α-hetero) is 1. The monoisotopic (exact) mass is 1440 g/mol. The van der Waals surface area contributed by atoms with Crippen LogP contribution in [0.15, 0.2) is 122 Å². The number of rotatable bonds is 46. The fourth-order valence-corrected chi connectivity index (χ4v) is 13.0. The largest absolute Gasteiger partial charge is 0.488 e. The Morgan fingerprint density at radius 3 is 0.980 bits per heavy atom. The highest BCUT2D eigenvalue weighted by Crippen LogP contribution is 2.25. The lowest BCUT2D eigenvalue weighted by Gasteiger charge is -2.18. The molecule has 0 bridgehead atoms. The molecule has 31 nitrogen and oxygen atoms in total. The van der Waals surface area contributed by atoms with E-state index in [1.54, 1.807) is 104 Å². The third-order valence-electron chi connectivity index (χ3n) is 16.5. The minimum atomic E-state index is -1.68. The topological polar surface area (TPSA) is 444 Å². The van der Waals surface area contributed by atoms with Crippen LogP contribution < -0.4 is 43.1 Å². The number of carbonyl (C=O) groups is 6. The summed E-state index contributed by atoms with van der Waals surface area (Å²) < 4.78 is 12.6. The molecule has 102 heavy (non-hydrogen) atoms. The zero-order valence-corrected chi connectivity index (χ0v) is 57.9. The van der Waals surface area contributed by atoms with E-state index in [2.05, 4.69) is 62.5 Å².